The quantitative estimate of drug-likeness (QED) is 0.194. The zero-order chi connectivity index (χ0) is 29.0. The molecule has 1 aromatic heterocycles. The lowest BCUT2D eigenvalue weighted by molar-refractivity contribution is -0.137. The summed E-state index contributed by atoms with van der Waals surface area (Å²) >= 11 is 0. The third-order valence-electron chi connectivity index (χ3n) is 6.89. The number of nitrogens with zero attached hydrogens (tertiary/aromatic N) is 3. The number of aliphatic imine (C=N–C) groups is 2. The highest BCUT2D eigenvalue weighted by Gasteiger charge is 2.35. The second-order valence-electron chi connectivity index (χ2n) is 9.96. The monoisotopic (exact) mass is 569 g/mol. The number of rotatable bonds is 9. The minimum atomic E-state index is -4.58. The van der Waals surface area contributed by atoms with Crippen LogP contribution in [0.5, 0.6) is 0 Å². The third-order valence-corrected chi connectivity index (χ3v) is 6.89. The zero-order valence-corrected chi connectivity index (χ0v) is 22.3. The normalized spacial score (nSPS) is 17.0. The summed E-state index contributed by atoms with van der Waals surface area (Å²) in [7, 11) is 0. The van der Waals surface area contributed by atoms with E-state index in [1.165, 1.54) is 24.3 Å². The molecule has 2 aliphatic rings. The molecule has 5 nitrogen and oxygen atoms in total. The van der Waals surface area contributed by atoms with Gasteiger partial charge in [0.2, 0.25) is 0 Å². The van der Waals surface area contributed by atoms with Gasteiger partial charge >= 0.3 is 6.18 Å². The molecule has 3 aromatic rings. The molecule has 10 heteroatoms. The van der Waals surface area contributed by atoms with Crippen molar-refractivity contribution in [2.75, 3.05) is 6.61 Å². The summed E-state index contributed by atoms with van der Waals surface area (Å²) in [4.78, 5) is 9.07. The van der Waals surface area contributed by atoms with E-state index < -0.39 is 23.4 Å². The molecule has 3 heterocycles. The summed E-state index contributed by atoms with van der Waals surface area (Å²) in [6.07, 6.45) is 3.96. The molecular weight excluding hydrogens is 541 g/mol. The van der Waals surface area contributed by atoms with Crippen molar-refractivity contribution in [1.82, 2.24) is 5.16 Å². The Bertz CT molecular complexity index is 1530. The highest BCUT2D eigenvalue weighted by atomic mass is 19.4. The van der Waals surface area contributed by atoms with Gasteiger partial charge in [0.25, 0.3) is 0 Å². The van der Waals surface area contributed by atoms with Crippen LogP contribution < -0.4 is 0 Å². The maximum absolute atomic E-state index is 14.3. The predicted octanol–water partition coefficient (Wildman–Crippen LogP) is 8.04. The molecule has 0 fully saturated rings. The second kappa shape index (κ2) is 12.3. The van der Waals surface area contributed by atoms with Gasteiger partial charge in [0.1, 0.15) is 11.5 Å². The summed E-state index contributed by atoms with van der Waals surface area (Å²) in [6, 6.07) is 9.33. The van der Waals surface area contributed by atoms with E-state index in [2.05, 4.69) is 15.1 Å². The number of ether oxygens (including phenoxy) is 1. The minimum Gasteiger partial charge on any atom is -0.377 e. The number of alkyl halides is 3. The smallest absolute Gasteiger partial charge is 0.377 e. The summed E-state index contributed by atoms with van der Waals surface area (Å²) in [5, 5.41) is 3.93. The number of unbranched alkanes of at least 4 members (excludes halogenated alkanes) is 1. The molecule has 41 heavy (non-hydrogen) atoms. The van der Waals surface area contributed by atoms with Gasteiger partial charge in [0.15, 0.2) is 11.6 Å². The van der Waals surface area contributed by atoms with E-state index in [0.717, 1.165) is 25.0 Å². The van der Waals surface area contributed by atoms with Crippen molar-refractivity contribution in [3.05, 3.63) is 100.0 Å². The average molecular weight is 570 g/mol. The van der Waals surface area contributed by atoms with E-state index >= 15 is 0 Å². The number of aromatic nitrogens is 1. The molecule has 0 saturated carbocycles. The van der Waals surface area contributed by atoms with Crippen molar-refractivity contribution < 1.29 is 31.2 Å². The molecule has 0 bridgehead atoms. The van der Waals surface area contributed by atoms with Gasteiger partial charge in [0.05, 0.1) is 29.6 Å². The number of fused-ring (bicyclic) bond motifs is 1. The van der Waals surface area contributed by atoms with Crippen LogP contribution in [0.15, 0.2) is 80.4 Å². The lowest BCUT2D eigenvalue weighted by Gasteiger charge is -2.13. The first-order chi connectivity index (χ1) is 19.7. The van der Waals surface area contributed by atoms with Gasteiger partial charge in [-0.1, -0.05) is 42.8 Å². The lowest BCUT2D eigenvalue weighted by atomic mass is 9.99. The Labute approximate surface area is 234 Å². The molecule has 0 saturated heterocycles. The Morgan fingerprint density at radius 1 is 1.07 bits per heavy atom. The Kier molecular flexibility index (Phi) is 8.58. The lowest BCUT2D eigenvalue weighted by Crippen LogP contribution is -2.10. The molecule has 0 N–H and O–H groups in total. The van der Waals surface area contributed by atoms with Crippen molar-refractivity contribution in [3.8, 4) is 11.3 Å². The standard InChI is InChI=1S/C31H28F5N3O2/c1-2-3-12-40-18-19-10-11-23(25(13-19)31(34,35)36)29-16-22(41-39-29)15-21-6-4-9-27-20(17-37-21)14-28(38-27)24-7-5-8-26(32)30(24)33/h5,7-11,13-14,16-17,21H,2-4,6,12,15,18H2,1H3. The van der Waals surface area contributed by atoms with Gasteiger partial charge in [0, 0.05) is 42.0 Å². The Morgan fingerprint density at radius 2 is 1.93 bits per heavy atom. The Morgan fingerprint density at radius 3 is 2.73 bits per heavy atom. The molecule has 0 radical (unpaired) electrons. The van der Waals surface area contributed by atoms with Crippen LogP contribution in [0, 0.1) is 11.6 Å². The fourth-order valence-corrected chi connectivity index (χ4v) is 4.73. The zero-order valence-electron chi connectivity index (χ0n) is 22.3. The second-order valence-corrected chi connectivity index (χ2v) is 9.96. The van der Waals surface area contributed by atoms with Crippen LogP contribution in [0.3, 0.4) is 0 Å². The number of benzene rings is 2. The molecule has 0 aliphatic carbocycles. The van der Waals surface area contributed by atoms with Crippen molar-refractivity contribution in [2.45, 2.75) is 57.9 Å². The Hall–Kier alpha value is -3.92. The van der Waals surface area contributed by atoms with Crippen LogP contribution in [0.25, 0.3) is 11.3 Å². The highest BCUT2D eigenvalue weighted by molar-refractivity contribution is 6.15. The van der Waals surface area contributed by atoms with E-state index in [0.29, 0.717) is 54.2 Å². The largest absolute Gasteiger partial charge is 0.417 e. The van der Waals surface area contributed by atoms with E-state index in [9.17, 15) is 22.0 Å². The molecule has 214 valence electrons. The number of halogens is 5. The first kappa shape index (κ1) is 28.6. The van der Waals surface area contributed by atoms with E-state index in [-0.39, 0.29) is 29.5 Å². The maximum Gasteiger partial charge on any atom is 0.417 e. The average Bonchev–Trinajstić information content (AvgIpc) is 3.56. The predicted molar refractivity (Wildman–Crippen MR) is 146 cm³/mol. The van der Waals surface area contributed by atoms with E-state index in [1.807, 2.05) is 13.0 Å². The fraction of sp³-hybridized carbons (Fsp3) is 0.323. The SMILES string of the molecule is CCCCOCc1ccc(-c2cc(CC3CCC=C4N=C(c5cccc(F)c5F)C=C4C=N3)on2)c(C(F)(F)F)c1. The van der Waals surface area contributed by atoms with Crippen LogP contribution >= 0.6 is 0 Å². The van der Waals surface area contributed by atoms with Crippen LogP contribution in [-0.2, 0) is 23.9 Å². The van der Waals surface area contributed by atoms with Gasteiger partial charge in [-0.05, 0) is 49.1 Å². The van der Waals surface area contributed by atoms with Gasteiger partial charge < -0.3 is 9.26 Å². The van der Waals surface area contributed by atoms with Crippen molar-refractivity contribution in [3.63, 3.8) is 0 Å². The number of hydrogen-bond donors (Lipinski definition) is 0. The Balaban J connectivity index is 1.30. The van der Waals surface area contributed by atoms with Crippen LogP contribution in [0.1, 0.15) is 55.1 Å². The molecular formula is C31H28F5N3O2. The molecule has 2 aliphatic heterocycles. The first-order valence-electron chi connectivity index (χ1n) is 13.4. The van der Waals surface area contributed by atoms with Gasteiger partial charge in [-0.2, -0.15) is 13.2 Å². The molecule has 2 aromatic carbocycles. The minimum absolute atomic E-state index is 0.0658. The molecule has 5 rings (SSSR count). The van der Waals surface area contributed by atoms with E-state index in [1.54, 1.807) is 18.4 Å². The van der Waals surface area contributed by atoms with Gasteiger partial charge in [-0.25, -0.2) is 13.8 Å². The van der Waals surface area contributed by atoms with Crippen molar-refractivity contribution in [1.29, 1.82) is 0 Å². The van der Waals surface area contributed by atoms with Crippen LogP contribution in [0.2, 0.25) is 0 Å². The topological polar surface area (TPSA) is 60.0 Å². The van der Waals surface area contributed by atoms with Crippen LogP contribution in [-0.4, -0.2) is 29.7 Å². The van der Waals surface area contributed by atoms with Gasteiger partial charge in [-0.3, -0.25) is 4.99 Å². The number of hydrogen-bond acceptors (Lipinski definition) is 5. The maximum atomic E-state index is 14.3. The summed E-state index contributed by atoms with van der Waals surface area (Å²) in [6.45, 7) is 2.60. The summed E-state index contributed by atoms with van der Waals surface area (Å²) in [5.74, 6) is -1.50. The fourth-order valence-electron chi connectivity index (χ4n) is 4.73. The molecule has 0 spiro atoms. The van der Waals surface area contributed by atoms with E-state index in [4.69, 9.17) is 9.26 Å². The molecule has 1 atom stereocenters. The van der Waals surface area contributed by atoms with Crippen LogP contribution in [0.4, 0.5) is 22.0 Å². The molecule has 0 amide bonds. The highest BCUT2D eigenvalue weighted by Crippen LogP contribution is 2.38. The summed E-state index contributed by atoms with van der Waals surface area (Å²) in [5.41, 5.74) is 1.35. The summed E-state index contributed by atoms with van der Waals surface area (Å²) < 4.78 is 80.7. The first-order valence-corrected chi connectivity index (χ1v) is 13.4. The van der Waals surface area contributed by atoms with Crippen molar-refractivity contribution in [2.24, 2.45) is 9.98 Å². The van der Waals surface area contributed by atoms with Crippen molar-refractivity contribution >= 4 is 11.9 Å². The molecule has 1 unspecified atom stereocenters. The number of allylic oxidation sites excluding steroid dienone is 3. The van der Waals surface area contributed by atoms with Gasteiger partial charge in [-0.15, -0.1) is 0 Å². The third kappa shape index (κ3) is 6.70.